The maximum Gasteiger partial charge on any atom is 0.276 e. The molecule has 0 aliphatic heterocycles. The second kappa shape index (κ2) is 7.01. The Morgan fingerprint density at radius 2 is 1.85 bits per heavy atom. The van der Waals surface area contributed by atoms with Crippen molar-refractivity contribution < 1.29 is 8.78 Å². The molecule has 0 spiro atoms. The predicted octanol–water partition coefficient (Wildman–Crippen LogP) is 5.02. The van der Waals surface area contributed by atoms with Crippen LogP contribution in [-0.2, 0) is 5.75 Å². The molecule has 2 heterocycles. The summed E-state index contributed by atoms with van der Waals surface area (Å²) in [5.74, 6) is -0.220. The third-order valence-electron chi connectivity index (χ3n) is 3.79. The van der Waals surface area contributed by atoms with Crippen LogP contribution in [-0.4, -0.2) is 9.55 Å². The molecule has 3 nitrogen and oxygen atoms in total. The summed E-state index contributed by atoms with van der Waals surface area (Å²) in [6.07, 6.45) is 0. The van der Waals surface area contributed by atoms with Gasteiger partial charge in [-0.15, -0.1) is 11.3 Å². The van der Waals surface area contributed by atoms with E-state index < -0.39 is 0 Å². The first-order chi connectivity index (χ1) is 12.6. The maximum absolute atomic E-state index is 13.4. The van der Waals surface area contributed by atoms with Gasteiger partial charge < -0.3 is 0 Å². The minimum Gasteiger partial charge on any atom is -0.267 e. The molecule has 0 aliphatic rings. The zero-order valence-corrected chi connectivity index (χ0v) is 15.0. The second-order valence-electron chi connectivity index (χ2n) is 5.56. The quantitative estimate of drug-likeness (QED) is 0.365. The van der Waals surface area contributed by atoms with E-state index in [0.717, 1.165) is 5.56 Å². The predicted molar refractivity (Wildman–Crippen MR) is 101 cm³/mol. The highest BCUT2D eigenvalue weighted by Gasteiger charge is 2.14. The van der Waals surface area contributed by atoms with Gasteiger partial charge in [-0.25, -0.2) is 13.8 Å². The first-order valence-electron chi connectivity index (χ1n) is 7.75. The Morgan fingerprint density at radius 3 is 2.62 bits per heavy atom. The van der Waals surface area contributed by atoms with Crippen LogP contribution in [0.5, 0.6) is 0 Å². The van der Waals surface area contributed by atoms with E-state index >= 15 is 0 Å². The van der Waals surface area contributed by atoms with Gasteiger partial charge in [-0.2, -0.15) is 0 Å². The molecule has 0 atom stereocenters. The van der Waals surface area contributed by atoms with Gasteiger partial charge in [0.25, 0.3) is 5.56 Å². The number of nitrogens with zero attached hydrogens (tertiary/aromatic N) is 2. The monoisotopic (exact) mass is 386 g/mol. The molecule has 4 aromatic rings. The number of aromatic nitrogens is 2. The lowest BCUT2D eigenvalue weighted by atomic mass is 10.2. The Balaban J connectivity index is 1.80. The van der Waals surface area contributed by atoms with E-state index in [0.29, 0.717) is 26.8 Å². The number of fused-ring (bicyclic) bond motifs is 1. The summed E-state index contributed by atoms with van der Waals surface area (Å²) >= 11 is 2.66. The van der Waals surface area contributed by atoms with Crippen LogP contribution in [0, 0.1) is 11.6 Å². The van der Waals surface area contributed by atoms with Gasteiger partial charge in [0.05, 0.1) is 11.2 Å². The van der Waals surface area contributed by atoms with E-state index in [1.807, 2.05) is 11.4 Å². The summed E-state index contributed by atoms with van der Waals surface area (Å²) < 4.78 is 28.7. The van der Waals surface area contributed by atoms with Crippen molar-refractivity contribution in [3.8, 4) is 5.69 Å². The largest absolute Gasteiger partial charge is 0.276 e. The van der Waals surface area contributed by atoms with E-state index in [2.05, 4.69) is 4.98 Å². The lowest BCUT2D eigenvalue weighted by Crippen LogP contribution is -2.20. The molecule has 0 aliphatic carbocycles. The second-order valence-corrected chi connectivity index (χ2v) is 7.42. The molecule has 0 fully saturated rings. The molecule has 0 radical (unpaired) electrons. The van der Waals surface area contributed by atoms with Gasteiger partial charge in [0.1, 0.15) is 16.3 Å². The summed E-state index contributed by atoms with van der Waals surface area (Å²) in [5, 5.41) is 2.30. The third kappa shape index (κ3) is 3.27. The van der Waals surface area contributed by atoms with Crippen LogP contribution in [0.1, 0.15) is 5.56 Å². The lowest BCUT2D eigenvalue weighted by molar-refractivity contribution is 0.626. The molecule has 0 amide bonds. The van der Waals surface area contributed by atoms with Crippen molar-refractivity contribution in [2.24, 2.45) is 0 Å². The highest BCUT2D eigenvalue weighted by molar-refractivity contribution is 7.98. The summed E-state index contributed by atoms with van der Waals surface area (Å²) in [7, 11) is 0. The van der Waals surface area contributed by atoms with Crippen molar-refractivity contribution in [2.45, 2.75) is 10.9 Å². The lowest BCUT2D eigenvalue weighted by Gasteiger charge is -2.12. The third-order valence-corrected chi connectivity index (χ3v) is 5.69. The van der Waals surface area contributed by atoms with Crippen molar-refractivity contribution in [1.29, 1.82) is 0 Å². The minimum atomic E-state index is -0.374. The fourth-order valence-electron chi connectivity index (χ4n) is 2.58. The Labute approximate surface area is 155 Å². The summed E-state index contributed by atoms with van der Waals surface area (Å²) in [6, 6.07) is 13.8. The van der Waals surface area contributed by atoms with Crippen LogP contribution in [0.4, 0.5) is 8.78 Å². The molecule has 0 saturated heterocycles. The van der Waals surface area contributed by atoms with Crippen molar-refractivity contribution in [2.75, 3.05) is 0 Å². The van der Waals surface area contributed by atoms with Gasteiger partial charge in [-0.05, 0) is 53.4 Å². The van der Waals surface area contributed by atoms with Gasteiger partial charge in [0.2, 0.25) is 0 Å². The zero-order valence-electron chi connectivity index (χ0n) is 13.4. The normalized spacial score (nSPS) is 11.2. The number of hydrogen-bond donors (Lipinski definition) is 0. The zero-order chi connectivity index (χ0) is 18.1. The molecule has 0 saturated carbocycles. The highest BCUT2D eigenvalue weighted by atomic mass is 32.2. The van der Waals surface area contributed by atoms with Gasteiger partial charge >= 0.3 is 0 Å². The number of thiophene rings is 1. The summed E-state index contributed by atoms with van der Waals surface area (Å²) in [6.45, 7) is 0. The smallest absolute Gasteiger partial charge is 0.267 e. The molecule has 2 aromatic heterocycles. The van der Waals surface area contributed by atoms with Crippen LogP contribution in [0.2, 0.25) is 0 Å². The van der Waals surface area contributed by atoms with E-state index in [1.165, 1.54) is 51.9 Å². The fraction of sp³-hybridized carbons (Fsp3) is 0.0526. The molecular weight excluding hydrogens is 374 g/mol. The average molecular weight is 386 g/mol. The SMILES string of the molecule is O=c1c2sccc2nc(SCc2cccc(F)c2)n1-c1ccc(F)cc1. The Kier molecular flexibility index (Phi) is 4.57. The Hall–Kier alpha value is -2.51. The number of thioether (sulfide) groups is 1. The van der Waals surface area contributed by atoms with Crippen LogP contribution < -0.4 is 5.56 Å². The van der Waals surface area contributed by atoms with E-state index in [4.69, 9.17) is 0 Å². The minimum absolute atomic E-state index is 0.196. The first-order valence-corrected chi connectivity index (χ1v) is 9.62. The molecule has 2 aromatic carbocycles. The van der Waals surface area contributed by atoms with Gasteiger partial charge in [0.15, 0.2) is 5.16 Å². The maximum atomic E-state index is 13.4. The first kappa shape index (κ1) is 16.9. The molecule has 0 N–H and O–H groups in total. The van der Waals surface area contributed by atoms with E-state index in [-0.39, 0.29) is 17.2 Å². The molecule has 4 rings (SSSR count). The fourth-order valence-corrected chi connectivity index (χ4v) is 4.30. The van der Waals surface area contributed by atoms with Crippen LogP contribution >= 0.6 is 23.1 Å². The van der Waals surface area contributed by atoms with Gasteiger partial charge in [-0.3, -0.25) is 9.36 Å². The van der Waals surface area contributed by atoms with E-state index in [1.54, 1.807) is 24.3 Å². The summed E-state index contributed by atoms with van der Waals surface area (Å²) in [5.41, 5.74) is 1.76. The van der Waals surface area contributed by atoms with Crippen molar-refractivity contribution >= 4 is 33.3 Å². The van der Waals surface area contributed by atoms with E-state index in [9.17, 15) is 13.6 Å². The summed E-state index contributed by atoms with van der Waals surface area (Å²) in [4.78, 5) is 17.5. The number of rotatable bonds is 4. The van der Waals surface area contributed by atoms with Crippen LogP contribution in [0.15, 0.2) is 69.9 Å². The molecule has 0 unspecified atom stereocenters. The Morgan fingerprint density at radius 1 is 1.04 bits per heavy atom. The number of hydrogen-bond acceptors (Lipinski definition) is 4. The number of benzene rings is 2. The Bertz CT molecular complexity index is 1140. The van der Waals surface area contributed by atoms with Crippen LogP contribution in [0.25, 0.3) is 15.9 Å². The van der Waals surface area contributed by atoms with Crippen molar-refractivity contribution in [3.63, 3.8) is 0 Å². The van der Waals surface area contributed by atoms with Gasteiger partial charge in [-0.1, -0.05) is 23.9 Å². The standard InChI is InChI=1S/C19H12F2N2OS2/c20-13-4-6-15(7-5-13)23-18(24)17-16(8-9-25-17)22-19(23)26-11-12-2-1-3-14(21)10-12/h1-10H,11H2. The molecular formula is C19H12F2N2OS2. The molecule has 130 valence electrons. The average Bonchev–Trinajstić information content (AvgIpc) is 3.10. The van der Waals surface area contributed by atoms with Gasteiger partial charge in [0, 0.05) is 5.75 Å². The molecule has 26 heavy (non-hydrogen) atoms. The highest BCUT2D eigenvalue weighted by Crippen LogP contribution is 2.26. The molecule has 0 bridgehead atoms. The van der Waals surface area contributed by atoms with Crippen molar-refractivity contribution in [3.05, 3.63) is 87.5 Å². The topological polar surface area (TPSA) is 34.9 Å². The van der Waals surface area contributed by atoms with Crippen molar-refractivity contribution in [1.82, 2.24) is 9.55 Å². The van der Waals surface area contributed by atoms with Crippen LogP contribution in [0.3, 0.4) is 0 Å². The number of halogens is 2. The molecule has 7 heteroatoms.